The van der Waals surface area contributed by atoms with Crippen molar-refractivity contribution in [1.82, 2.24) is 9.88 Å². The SMILES string of the molecule is C[C@@H]1Cn2cc(C(=O)NCc3ccc(F)cc3)c(=O)c3c(Cl)ccc(c32)O1. The number of carbonyl (C=O) groups is 1. The molecule has 0 fully saturated rings. The molecule has 0 spiro atoms. The fourth-order valence-corrected chi connectivity index (χ4v) is 3.51. The number of halogens is 2. The van der Waals surface area contributed by atoms with Crippen molar-refractivity contribution in [1.29, 1.82) is 0 Å². The summed E-state index contributed by atoms with van der Waals surface area (Å²) in [5, 5.41) is 3.26. The second-order valence-corrected chi connectivity index (χ2v) is 6.94. The highest BCUT2D eigenvalue weighted by atomic mass is 35.5. The Hall–Kier alpha value is -2.86. The molecular formula is C20H16ClFN2O3. The smallest absolute Gasteiger partial charge is 0.257 e. The Labute approximate surface area is 159 Å². The summed E-state index contributed by atoms with van der Waals surface area (Å²) in [4.78, 5) is 25.5. The van der Waals surface area contributed by atoms with E-state index in [4.69, 9.17) is 16.3 Å². The maximum absolute atomic E-state index is 13.0. The monoisotopic (exact) mass is 386 g/mol. The molecule has 0 unspecified atom stereocenters. The van der Waals surface area contributed by atoms with Crippen molar-refractivity contribution in [2.75, 3.05) is 0 Å². The summed E-state index contributed by atoms with van der Waals surface area (Å²) < 4.78 is 20.6. The van der Waals surface area contributed by atoms with Crippen LogP contribution in [0, 0.1) is 5.82 Å². The van der Waals surface area contributed by atoms with E-state index in [1.165, 1.54) is 12.1 Å². The summed E-state index contributed by atoms with van der Waals surface area (Å²) in [6.07, 6.45) is 1.45. The lowest BCUT2D eigenvalue weighted by Crippen LogP contribution is -2.32. The van der Waals surface area contributed by atoms with E-state index < -0.39 is 11.3 Å². The van der Waals surface area contributed by atoms with Crippen LogP contribution in [-0.4, -0.2) is 16.6 Å². The molecule has 0 saturated carbocycles. The second-order valence-electron chi connectivity index (χ2n) is 6.53. The molecule has 7 heteroatoms. The summed E-state index contributed by atoms with van der Waals surface area (Å²) >= 11 is 6.25. The van der Waals surface area contributed by atoms with Crippen molar-refractivity contribution >= 4 is 28.4 Å². The third-order valence-corrected chi connectivity index (χ3v) is 4.84. The largest absolute Gasteiger partial charge is 0.487 e. The van der Waals surface area contributed by atoms with Gasteiger partial charge >= 0.3 is 0 Å². The summed E-state index contributed by atoms with van der Waals surface area (Å²) in [6, 6.07) is 9.12. The number of amides is 1. The fourth-order valence-electron chi connectivity index (χ4n) is 3.27. The topological polar surface area (TPSA) is 60.3 Å². The summed E-state index contributed by atoms with van der Waals surface area (Å²) in [5.41, 5.74) is 0.899. The summed E-state index contributed by atoms with van der Waals surface area (Å²) in [7, 11) is 0. The minimum absolute atomic E-state index is 0.0118. The first-order chi connectivity index (χ1) is 12.9. The Balaban J connectivity index is 1.73. The predicted octanol–water partition coefficient (Wildman–Crippen LogP) is 3.50. The van der Waals surface area contributed by atoms with Gasteiger partial charge in [0.2, 0.25) is 5.43 Å². The van der Waals surface area contributed by atoms with E-state index in [2.05, 4.69) is 5.32 Å². The average molecular weight is 387 g/mol. The van der Waals surface area contributed by atoms with Crippen LogP contribution in [0.5, 0.6) is 5.75 Å². The molecular weight excluding hydrogens is 371 g/mol. The molecule has 0 aliphatic carbocycles. The van der Waals surface area contributed by atoms with Crippen LogP contribution in [0.2, 0.25) is 5.02 Å². The van der Waals surface area contributed by atoms with Gasteiger partial charge in [0.15, 0.2) is 0 Å². The number of nitrogens with zero attached hydrogens (tertiary/aromatic N) is 1. The van der Waals surface area contributed by atoms with Crippen molar-refractivity contribution in [2.24, 2.45) is 0 Å². The van der Waals surface area contributed by atoms with Crippen molar-refractivity contribution in [3.63, 3.8) is 0 Å². The Morgan fingerprint density at radius 2 is 2.04 bits per heavy atom. The molecule has 2 aromatic carbocycles. The number of aromatic nitrogens is 1. The lowest BCUT2D eigenvalue weighted by molar-refractivity contribution is 0.0948. The molecule has 1 aliphatic rings. The van der Waals surface area contributed by atoms with Crippen molar-refractivity contribution in [2.45, 2.75) is 26.1 Å². The van der Waals surface area contributed by atoms with Crippen LogP contribution in [-0.2, 0) is 13.1 Å². The zero-order valence-electron chi connectivity index (χ0n) is 14.5. The molecule has 1 aliphatic heterocycles. The number of carbonyl (C=O) groups excluding carboxylic acids is 1. The van der Waals surface area contributed by atoms with Crippen LogP contribution >= 0.6 is 11.6 Å². The van der Waals surface area contributed by atoms with Crippen molar-refractivity contribution < 1.29 is 13.9 Å². The van der Waals surface area contributed by atoms with Crippen molar-refractivity contribution in [3.8, 4) is 5.75 Å². The number of benzene rings is 2. The molecule has 138 valence electrons. The van der Waals surface area contributed by atoms with Gasteiger partial charge in [-0.2, -0.15) is 0 Å². The second kappa shape index (κ2) is 6.70. The first-order valence-corrected chi connectivity index (χ1v) is 8.87. The van der Waals surface area contributed by atoms with E-state index in [-0.39, 0.29) is 34.4 Å². The highest BCUT2D eigenvalue weighted by Gasteiger charge is 2.24. The lowest BCUT2D eigenvalue weighted by atomic mass is 10.1. The maximum atomic E-state index is 13.0. The van der Waals surface area contributed by atoms with Crippen LogP contribution in [0.4, 0.5) is 4.39 Å². The van der Waals surface area contributed by atoms with Gasteiger partial charge in [-0.25, -0.2) is 4.39 Å². The van der Waals surface area contributed by atoms with Gasteiger partial charge in [-0.05, 0) is 36.8 Å². The first kappa shape index (κ1) is 17.5. The first-order valence-electron chi connectivity index (χ1n) is 8.49. The normalized spacial score (nSPS) is 15.4. The standard InChI is InChI=1S/C20H16ClFN2O3/c1-11-9-24-10-14(20(26)23-8-12-2-4-13(22)5-3-12)19(25)17-15(21)6-7-16(27-11)18(17)24/h2-7,10-11H,8-9H2,1H3,(H,23,26)/t11-/m1/s1. The third kappa shape index (κ3) is 3.17. The van der Waals surface area contributed by atoms with Gasteiger partial charge in [0.05, 0.1) is 22.5 Å². The van der Waals surface area contributed by atoms with E-state index >= 15 is 0 Å². The molecule has 27 heavy (non-hydrogen) atoms. The highest BCUT2D eigenvalue weighted by molar-refractivity contribution is 6.35. The van der Waals surface area contributed by atoms with Gasteiger partial charge in [-0.3, -0.25) is 9.59 Å². The number of pyridine rings is 1. The van der Waals surface area contributed by atoms with Gasteiger partial charge < -0.3 is 14.6 Å². The zero-order chi connectivity index (χ0) is 19.1. The van der Waals surface area contributed by atoms with E-state index in [0.29, 0.717) is 17.8 Å². The van der Waals surface area contributed by atoms with E-state index in [1.54, 1.807) is 30.5 Å². The molecule has 4 rings (SSSR count). The fraction of sp³-hybridized carbons (Fsp3) is 0.200. The van der Waals surface area contributed by atoms with Crippen LogP contribution in [0.25, 0.3) is 10.9 Å². The number of hydrogen-bond acceptors (Lipinski definition) is 3. The maximum Gasteiger partial charge on any atom is 0.257 e. The molecule has 1 N–H and O–H groups in total. The van der Waals surface area contributed by atoms with E-state index in [9.17, 15) is 14.0 Å². The van der Waals surface area contributed by atoms with Gasteiger partial charge in [-0.1, -0.05) is 23.7 Å². The van der Waals surface area contributed by atoms with Crippen molar-refractivity contribution in [3.05, 3.63) is 74.8 Å². The van der Waals surface area contributed by atoms with E-state index in [1.807, 2.05) is 11.5 Å². The molecule has 1 aromatic heterocycles. The van der Waals surface area contributed by atoms with Gasteiger partial charge in [0.25, 0.3) is 5.91 Å². The molecule has 3 aromatic rings. The van der Waals surface area contributed by atoms with Crippen LogP contribution < -0.4 is 15.5 Å². The van der Waals surface area contributed by atoms with Crippen LogP contribution in [0.15, 0.2) is 47.4 Å². The minimum atomic E-state index is -0.504. The molecule has 0 saturated heterocycles. The quantitative estimate of drug-likeness (QED) is 0.749. The zero-order valence-corrected chi connectivity index (χ0v) is 15.2. The Bertz CT molecular complexity index is 1110. The van der Waals surface area contributed by atoms with Crippen LogP contribution in [0.1, 0.15) is 22.8 Å². The van der Waals surface area contributed by atoms with Gasteiger partial charge in [0, 0.05) is 12.7 Å². The number of ether oxygens (including phenoxy) is 1. The average Bonchev–Trinajstić information content (AvgIpc) is 2.64. The Kier molecular flexibility index (Phi) is 4.36. The number of rotatable bonds is 3. The van der Waals surface area contributed by atoms with E-state index in [0.717, 1.165) is 5.56 Å². The van der Waals surface area contributed by atoms with Crippen LogP contribution in [0.3, 0.4) is 0 Å². The molecule has 0 bridgehead atoms. The molecule has 1 amide bonds. The minimum Gasteiger partial charge on any atom is -0.487 e. The molecule has 0 radical (unpaired) electrons. The highest BCUT2D eigenvalue weighted by Crippen LogP contribution is 2.33. The Morgan fingerprint density at radius 3 is 2.78 bits per heavy atom. The van der Waals surface area contributed by atoms with Gasteiger partial charge in [0.1, 0.15) is 23.2 Å². The molecule has 2 heterocycles. The number of hydrogen-bond donors (Lipinski definition) is 1. The summed E-state index contributed by atoms with van der Waals surface area (Å²) in [5.74, 6) is -0.280. The van der Waals surface area contributed by atoms with Gasteiger partial charge in [-0.15, -0.1) is 0 Å². The molecule has 1 atom stereocenters. The Morgan fingerprint density at radius 1 is 1.30 bits per heavy atom. The lowest BCUT2D eigenvalue weighted by Gasteiger charge is -2.26. The third-order valence-electron chi connectivity index (χ3n) is 4.53. The summed E-state index contributed by atoms with van der Waals surface area (Å²) in [6.45, 7) is 2.60. The predicted molar refractivity (Wildman–Crippen MR) is 101 cm³/mol. The number of nitrogens with one attached hydrogen (secondary N) is 1. The molecule has 5 nitrogen and oxygen atoms in total.